The quantitative estimate of drug-likeness (QED) is 0.672. The van der Waals surface area contributed by atoms with E-state index >= 15 is 0 Å². The van der Waals surface area contributed by atoms with Gasteiger partial charge >= 0.3 is 0 Å². The van der Waals surface area contributed by atoms with E-state index in [9.17, 15) is 5.11 Å². The van der Waals surface area contributed by atoms with Crippen LogP contribution in [0.3, 0.4) is 0 Å². The second-order valence-electron chi connectivity index (χ2n) is 4.35. The molecule has 1 rings (SSSR count). The van der Waals surface area contributed by atoms with Crippen molar-refractivity contribution < 1.29 is 14.6 Å². The number of rotatable bonds is 8. The summed E-state index contributed by atoms with van der Waals surface area (Å²) < 4.78 is 11.9. The second-order valence-corrected chi connectivity index (χ2v) is 4.35. The summed E-state index contributed by atoms with van der Waals surface area (Å²) in [5.74, 6) is 0.616. The van der Waals surface area contributed by atoms with Crippen LogP contribution in [0, 0.1) is 0 Å². The molecule has 0 aliphatic rings. The number of nitrogens with one attached hydrogen (secondary N) is 1. The third kappa shape index (κ3) is 3.69. The number of aliphatic hydroxyl groups excluding tert-OH is 1. The monoisotopic (exact) mass is 257 g/mol. The summed E-state index contributed by atoms with van der Waals surface area (Å²) in [5.41, 5.74) is 0.706. The predicted octanol–water partition coefficient (Wildman–Crippen LogP) is 0.742. The smallest absolute Gasteiger partial charge is 0.162 e. The summed E-state index contributed by atoms with van der Waals surface area (Å²) in [5, 5.41) is 17.6. The van der Waals surface area contributed by atoms with Crippen LogP contribution in [-0.2, 0) is 4.74 Å². The zero-order valence-corrected chi connectivity index (χ0v) is 11.5. The third-order valence-electron chi connectivity index (χ3n) is 2.64. The topological polar surface area (TPSA) is 68.5 Å². The fraction of sp³-hybridized carbons (Fsp3) is 0.750. The average molecular weight is 257 g/mol. The molecule has 1 unspecified atom stereocenters. The molecule has 104 valence electrons. The molecule has 1 heterocycles. The molecular weight excluding hydrogens is 234 g/mol. The van der Waals surface area contributed by atoms with Crippen molar-refractivity contribution >= 4 is 0 Å². The van der Waals surface area contributed by atoms with Crippen LogP contribution in [0.2, 0.25) is 0 Å². The third-order valence-corrected chi connectivity index (χ3v) is 2.64. The van der Waals surface area contributed by atoms with E-state index in [1.807, 2.05) is 13.8 Å². The van der Waals surface area contributed by atoms with E-state index in [0.29, 0.717) is 31.1 Å². The SMILES string of the molecule is COCCNCC(O)c1c(OC)cnn1C(C)C. The van der Waals surface area contributed by atoms with Gasteiger partial charge in [-0.25, -0.2) is 0 Å². The molecule has 0 saturated carbocycles. The highest BCUT2D eigenvalue weighted by Gasteiger charge is 2.20. The molecule has 0 amide bonds. The minimum Gasteiger partial charge on any atom is -0.493 e. The maximum atomic E-state index is 10.2. The maximum Gasteiger partial charge on any atom is 0.162 e. The number of aromatic nitrogens is 2. The second kappa shape index (κ2) is 7.35. The van der Waals surface area contributed by atoms with Crippen LogP contribution in [0.25, 0.3) is 0 Å². The Balaban J connectivity index is 2.70. The number of hydrogen-bond acceptors (Lipinski definition) is 5. The minimum atomic E-state index is -0.651. The standard InChI is InChI=1S/C12H23N3O3/c1-9(2)15-12(11(18-4)8-14-15)10(16)7-13-5-6-17-3/h8-10,13,16H,5-7H2,1-4H3. The first kappa shape index (κ1) is 14.9. The van der Waals surface area contributed by atoms with Crippen molar-refractivity contribution in [2.75, 3.05) is 33.9 Å². The number of ether oxygens (including phenoxy) is 2. The molecule has 6 nitrogen and oxygen atoms in total. The molecular formula is C12H23N3O3. The highest BCUT2D eigenvalue weighted by atomic mass is 16.5. The van der Waals surface area contributed by atoms with Crippen molar-refractivity contribution in [1.82, 2.24) is 15.1 Å². The van der Waals surface area contributed by atoms with E-state index in [0.717, 1.165) is 0 Å². The molecule has 0 aromatic carbocycles. The lowest BCUT2D eigenvalue weighted by Gasteiger charge is -2.17. The Morgan fingerprint density at radius 1 is 1.44 bits per heavy atom. The van der Waals surface area contributed by atoms with Crippen molar-refractivity contribution in [2.24, 2.45) is 0 Å². The number of hydrogen-bond donors (Lipinski definition) is 2. The first-order chi connectivity index (χ1) is 8.61. The Kier molecular flexibility index (Phi) is 6.11. The van der Waals surface area contributed by atoms with Crippen molar-refractivity contribution in [3.8, 4) is 5.75 Å². The fourth-order valence-corrected chi connectivity index (χ4v) is 1.75. The number of nitrogens with zero attached hydrogens (tertiary/aromatic N) is 2. The van der Waals surface area contributed by atoms with Crippen molar-refractivity contribution in [1.29, 1.82) is 0 Å². The average Bonchev–Trinajstić information content (AvgIpc) is 2.78. The molecule has 0 aliphatic heterocycles. The summed E-state index contributed by atoms with van der Waals surface area (Å²) in [6, 6.07) is 0.178. The van der Waals surface area contributed by atoms with Crippen LogP contribution in [-0.4, -0.2) is 48.8 Å². The van der Waals surface area contributed by atoms with Gasteiger partial charge in [0.1, 0.15) is 11.8 Å². The van der Waals surface area contributed by atoms with Gasteiger partial charge in [0, 0.05) is 26.2 Å². The molecule has 18 heavy (non-hydrogen) atoms. The van der Waals surface area contributed by atoms with E-state index in [1.54, 1.807) is 25.1 Å². The minimum absolute atomic E-state index is 0.178. The largest absolute Gasteiger partial charge is 0.493 e. The maximum absolute atomic E-state index is 10.2. The molecule has 6 heteroatoms. The van der Waals surface area contributed by atoms with Gasteiger partial charge in [-0.2, -0.15) is 5.10 Å². The lowest BCUT2D eigenvalue weighted by atomic mass is 10.2. The Morgan fingerprint density at radius 3 is 2.72 bits per heavy atom. The lowest BCUT2D eigenvalue weighted by molar-refractivity contribution is 0.148. The van der Waals surface area contributed by atoms with Gasteiger partial charge in [0.25, 0.3) is 0 Å². The van der Waals surface area contributed by atoms with Gasteiger partial charge in [-0.15, -0.1) is 0 Å². The first-order valence-electron chi connectivity index (χ1n) is 6.10. The van der Waals surface area contributed by atoms with Crippen LogP contribution in [0.15, 0.2) is 6.20 Å². The zero-order chi connectivity index (χ0) is 13.5. The van der Waals surface area contributed by atoms with Crippen LogP contribution < -0.4 is 10.1 Å². The van der Waals surface area contributed by atoms with Gasteiger partial charge in [0.2, 0.25) is 0 Å². The van der Waals surface area contributed by atoms with Gasteiger partial charge in [-0.3, -0.25) is 4.68 Å². The molecule has 1 aromatic heterocycles. The van der Waals surface area contributed by atoms with E-state index < -0.39 is 6.10 Å². The van der Waals surface area contributed by atoms with Gasteiger partial charge in [-0.1, -0.05) is 0 Å². The highest BCUT2D eigenvalue weighted by Crippen LogP contribution is 2.26. The van der Waals surface area contributed by atoms with Crippen molar-refractivity contribution in [2.45, 2.75) is 26.0 Å². The predicted molar refractivity (Wildman–Crippen MR) is 68.9 cm³/mol. The van der Waals surface area contributed by atoms with Crippen molar-refractivity contribution in [3.05, 3.63) is 11.9 Å². The van der Waals surface area contributed by atoms with Crippen LogP contribution in [0.5, 0.6) is 5.75 Å². The molecule has 0 aliphatic carbocycles. The molecule has 0 radical (unpaired) electrons. The van der Waals surface area contributed by atoms with E-state index in [1.165, 1.54) is 0 Å². The van der Waals surface area contributed by atoms with E-state index in [4.69, 9.17) is 9.47 Å². The molecule has 1 atom stereocenters. The molecule has 2 N–H and O–H groups in total. The Morgan fingerprint density at radius 2 is 2.17 bits per heavy atom. The van der Waals surface area contributed by atoms with Gasteiger partial charge in [0.05, 0.1) is 19.9 Å². The summed E-state index contributed by atoms with van der Waals surface area (Å²) in [6.07, 6.45) is 0.981. The molecule has 0 fully saturated rings. The zero-order valence-electron chi connectivity index (χ0n) is 11.5. The summed E-state index contributed by atoms with van der Waals surface area (Å²) >= 11 is 0. The van der Waals surface area contributed by atoms with Crippen LogP contribution in [0.1, 0.15) is 31.7 Å². The summed E-state index contributed by atoms with van der Waals surface area (Å²) in [7, 11) is 3.23. The number of methoxy groups -OCH3 is 2. The first-order valence-corrected chi connectivity index (χ1v) is 6.10. The molecule has 0 saturated heterocycles. The highest BCUT2D eigenvalue weighted by molar-refractivity contribution is 5.27. The van der Waals surface area contributed by atoms with E-state index in [-0.39, 0.29) is 6.04 Å². The van der Waals surface area contributed by atoms with Gasteiger partial charge < -0.3 is 19.9 Å². The summed E-state index contributed by atoms with van der Waals surface area (Å²) in [4.78, 5) is 0. The van der Waals surface area contributed by atoms with Crippen LogP contribution in [0.4, 0.5) is 0 Å². The molecule has 0 bridgehead atoms. The fourth-order valence-electron chi connectivity index (χ4n) is 1.75. The molecule has 0 spiro atoms. The molecule has 1 aromatic rings. The van der Waals surface area contributed by atoms with Crippen molar-refractivity contribution in [3.63, 3.8) is 0 Å². The summed E-state index contributed by atoms with van der Waals surface area (Å²) in [6.45, 7) is 5.79. The van der Waals surface area contributed by atoms with Gasteiger partial charge in [-0.05, 0) is 13.8 Å². The number of aliphatic hydroxyl groups is 1. The Hall–Kier alpha value is -1.11. The lowest BCUT2D eigenvalue weighted by Crippen LogP contribution is -2.26. The van der Waals surface area contributed by atoms with Crippen LogP contribution >= 0.6 is 0 Å². The Labute approximate surface area is 108 Å². The Bertz CT molecular complexity index is 352. The normalized spacial score (nSPS) is 13.0. The van der Waals surface area contributed by atoms with E-state index in [2.05, 4.69) is 10.4 Å². The van der Waals surface area contributed by atoms with Gasteiger partial charge in [0.15, 0.2) is 5.75 Å².